The number of hydrogen-bond acceptors (Lipinski definition) is 9. The number of allylic oxidation sites excluding steroid dienone is 1. The Hall–Kier alpha value is -4.73. The monoisotopic (exact) mass is 796 g/mol. The molecule has 0 saturated heterocycles. The van der Waals surface area contributed by atoms with E-state index in [4.69, 9.17) is 9.47 Å². The van der Waals surface area contributed by atoms with E-state index < -0.39 is 28.7 Å². The maximum Gasteiger partial charge on any atom is 0.331 e. The van der Waals surface area contributed by atoms with Gasteiger partial charge in [0.25, 0.3) is 0 Å². The highest BCUT2D eigenvalue weighted by atomic mass is 16.5. The van der Waals surface area contributed by atoms with Crippen molar-refractivity contribution < 1.29 is 49.4 Å². The first-order valence-electron chi connectivity index (χ1n) is 20.9. The Balaban J connectivity index is 1.19. The zero-order valence-corrected chi connectivity index (χ0v) is 34.7. The van der Waals surface area contributed by atoms with Crippen molar-refractivity contribution in [2.24, 2.45) is 50.2 Å². The molecule has 2 aromatic carbocycles. The summed E-state index contributed by atoms with van der Waals surface area (Å²) < 4.78 is 12.5. The molecule has 312 valence electrons. The average molecular weight is 797 g/mol. The van der Waals surface area contributed by atoms with E-state index in [0.29, 0.717) is 36.8 Å². The number of fused-ring (bicyclic) bond motifs is 7. The molecule has 0 amide bonds. The Kier molecular flexibility index (Phi) is 10.4. The lowest BCUT2D eigenvalue weighted by molar-refractivity contribution is -0.221. The Morgan fingerprint density at radius 1 is 0.724 bits per heavy atom. The number of rotatable bonds is 8. The molecule has 5 N–H and O–H groups in total. The van der Waals surface area contributed by atoms with Crippen LogP contribution in [0.4, 0.5) is 0 Å². The molecule has 58 heavy (non-hydrogen) atoms. The lowest BCUT2D eigenvalue weighted by atomic mass is 9.33. The number of aliphatic carboxylic acids is 1. The molecule has 0 aromatic heterocycles. The van der Waals surface area contributed by atoms with Crippen LogP contribution in [0.15, 0.2) is 60.2 Å². The number of carboxylic acid groups (broad SMARTS) is 1. The Morgan fingerprint density at radius 3 is 1.93 bits per heavy atom. The zero-order valence-electron chi connectivity index (χ0n) is 34.7. The molecule has 4 unspecified atom stereocenters. The SMILES string of the molecule is CC1(C)CC[C@]2(C(=O)O)CC[C@]3(COC(=O)C=Cc4ccc(O)c(O)c4)C(=CCC4[C@@]5(C)CCC(OC(=O)C=Cc6ccc(O)c(O)c6)C(C)(C)C5CC[C@]43C)C2C1. The summed E-state index contributed by atoms with van der Waals surface area (Å²) in [6, 6.07) is 8.70. The number of phenols is 4. The van der Waals surface area contributed by atoms with Crippen LogP contribution in [0.1, 0.15) is 117 Å². The predicted molar refractivity (Wildman–Crippen MR) is 219 cm³/mol. The second-order valence-corrected chi connectivity index (χ2v) is 20.0. The van der Waals surface area contributed by atoms with E-state index in [0.717, 1.165) is 44.1 Å². The van der Waals surface area contributed by atoms with Gasteiger partial charge in [-0.3, -0.25) is 4.79 Å². The van der Waals surface area contributed by atoms with Crippen molar-refractivity contribution in [3.05, 3.63) is 71.3 Å². The van der Waals surface area contributed by atoms with Crippen molar-refractivity contribution in [1.29, 1.82) is 0 Å². The van der Waals surface area contributed by atoms with Crippen LogP contribution in [0.3, 0.4) is 0 Å². The van der Waals surface area contributed by atoms with Crippen LogP contribution in [0.25, 0.3) is 12.2 Å². The summed E-state index contributed by atoms with van der Waals surface area (Å²) in [5.41, 5.74) is -0.0470. The third-order valence-corrected chi connectivity index (χ3v) is 16.2. The molecule has 7 rings (SSSR count). The Morgan fingerprint density at radius 2 is 1.33 bits per heavy atom. The number of hydrogen-bond donors (Lipinski definition) is 5. The molecule has 2 aromatic rings. The van der Waals surface area contributed by atoms with E-state index in [9.17, 15) is 39.9 Å². The highest BCUT2D eigenvalue weighted by molar-refractivity contribution is 5.88. The number of carboxylic acids is 1. The standard InChI is InChI=1S/C48H60O10/c1-43(2)21-22-47(42(55)56)23-24-48(28-57-40(53)15-9-29-7-12-33(49)35(51)25-29)31(32(47)27-43)11-14-38-45(5)19-18-39(44(3,4)37(45)17-20-46(38,48)6)58-41(54)16-10-30-8-13-34(50)36(52)26-30/h7-13,15-16,25-26,32,37-39,49-52H,14,17-24,27-28H2,1-6H3,(H,55,56)/t32?,37?,38?,39?,45-,46+,47-,48-/m0/s1. The molecule has 8 atom stereocenters. The number of aromatic hydroxyl groups is 4. The van der Waals surface area contributed by atoms with Gasteiger partial charge in [0, 0.05) is 23.0 Å². The summed E-state index contributed by atoms with van der Waals surface area (Å²) in [5.74, 6) is -2.50. The van der Waals surface area contributed by atoms with Crippen LogP contribution in [0, 0.1) is 50.2 Å². The van der Waals surface area contributed by atoms with Gasteiger partial charge in [0.2, 0.25) is 0 Å². The quantitative estimate of drug-likeness (QED) is 0.0750. The molecule has 0 radical (unpaired) electrons. The molecule has 0 spiro atoms. The van der Waals surface area contributed by atoms with Gasteiger partial charge in [-0.2, -0.15) is 0 Å². The largest absolute Gasteiger partial charge is 0.504 e. The van der Waals surface area contributed by atoms with Gasteiger partial charge in [-0.25, -0.2) is 9.59 Å². The fourth-order valence-corrected chi connectivity index (χ4v) is 13.0. The zero-order chi connectivity index (χ0) is 42.1. The molecule has 10 nitrogen and oxygen atoms in total. The summed E-state index contributed by atoms with van der Waals surface area (Å²) >= 11 is 0. The Bertz CT molecular complexity index is 2080. The minimum atomic E-state index is -0.860. The third kappa shape index (κ3) is 6.78. The van der Waals surface area contributed by atoms with Crippen molar-refractivity contribution in [1.82, 2.24) is 0 Å². The van der Waals surface area contributed by atoms with Crippen molar-refractivity contribution in [2.75, 3.05) is 6.61 Å². The smallest absolute Gasteiger partial charge is 0.331 e. The van der Waals surface area contributed by atoms with Crippen LogP contribution in [0.2, 0.25) is 0 Å². The first-order valence-corrected chi connectivity index (χ1v) is 20.9. The summed E-state index contributed by atoms with van der Waals surface area (Å²) in [5, 5.41) is 50.2. The highest BCUT2D eigenvalue weighted by Crippen LogP contribution is 2.76. The maximum absolute atomic E-state index is 13.6. The molecular weight excluding hydrogens is 737 g/mol. The van der Waals surface area contributed by atoms with Crippen molar-refractivity contribution >= 4 is 30.1 Å². The first-order chi connectivity index (χ1) is 27.2. The van der Waals surface area contributed by atoms with Crippen LogP contribution in [0.5, 0.6) is 23.0 Å². The average Bonchev–Trinajstić information content (AvgIpc) is 3.15. The predicted octanol–water partition coefficient (Wildman–Crippen LogP) is 9.56. The number of phenolic OH excluding ortho intramolecular Hbond substituents is 4. The van der Waals surface area contributed by atoms with Gasteiger partial charge in [-0.05, 0) is 146 Å². The van der Waals surface area contributed by atoms with Crippen molar-refractivity contribution in [3.8, 4) is 23.0 Å². The lowest BCUT2D eigenvalue weighted by Gasteiger charge is -2.71. The minimum Gasteiger partial charge on any atom is -0.504 e. The van der Waals surface area contributed by atoms with Gasteiger partial charge in [-0.15, -0.1) is 0 Å². The third-order valence-electron chi connectivity index (χ3n) is 16.2. The minimum absolute atomic E-state index is 0.0368. The van der Waals surface area contributed by atoms with Crippen LogP contribution >= 0.6 is 0 Å². The highest BCUT2D eigenvalue weighted by Gasteiger charge is 2.71. The van der Waals surface area contributed by atoms with E-state index in [-0.39, 0.29) is 75.1 Å². The topological polar surface area (TPSA) is 171 Å². The van der Waals surface area contributed by atoms with Gasteiger partial charge in [0.15, 0.2) is 23.0 Å². The van der Waals surface area contributed by atoms with E-state index >= 15 is 0 Å². The molecule has 5 aliphatic rings. The lowest BCUT2D eigenvalue weighted by Crippen LogP contribution is -2.67. The van der Waals surface area contributed by atoms with E-state index in [1.54, 1.807) is 24.3 Å². The second kappa shape index (κ2) is 14.5. The summed E-state index contributed by atoms with van der Waals surface area (Å²) in [6.45, 7) is 13.8. The van der Waals surface area contributed by atoms with E-state index in [1.165, 1.54) is 36.4 Å². The van der Waals surface area contributed by atoms with Gasteiger partial charge >= 0.3 is 17.9 Å². The fourth-order valence-electron chi connectivity index (χ4n) is 13.0. The van der Waals surface area contributed by atoms with Gasteiger partial charge in [0.05, 0.1) is 5.41 Å². The van der Waals surface area contributed by atoms with Crippen LogP contribution in [-0.4, -0.2) is 56.2 Å². The van der Waals surface area contributed by atoms with Gasteiger partial charge < -0.3 is 35.0 Å². The van der Waals surface area contributed by atoms with Gasteiger partial charge in [0.1, 0.15) is 12.7 Å². The van der Waals surface area contributed by atoms with Crippen molar-refractivity contribution in [3.63, 3.8) is 0 Å². The van der Waals surface area contributed by atoms with Crippen LogP contribution in [-0.2, 0) is 23.9 Å². The fraction of sp³-hybridized carbons (Fsp3) is 0.562. The van der Waals surface area contributed by atoms with Gasteiger partial charge in [-0.1, -0.05) is 65.3 Å². The number of esters is 2. The summed E-state index contributed by atoms with van der Waals surface area (Å²) in [4.78, 5) is 40.1. The molecule has 4 fully saturated rings. The van der Waals surface area contributed by atoms with E-state index in [2.05, 4.69) is 47.6 Å². The number of ether oxygens (including phenoxy) is 2. The van der Waals surface area contributed by atoms with Crippen molar-refractivity contribution in [2.45, 2.75) is 112 Å². The summed E-state index contributed by atoms with van der Waals surface area (Å²) in [6.07, 6.45) is 15.3. The van der Waals surface area contributed by atoms with Crippen LogP contribution < -0.4 is 0 Å². The first kappa shape index (κ1) is 41.4. The molecule has 0 heterocycles. The number of carbonyl (C=O) groups is 3. The summed E-state index contributed by atoms with van der Waals surface area (Å²) in [7, 11) is 0. The molecule has 10 heteroatoms. The number of carbonyl (C=O) groups excluding carboxylic acids is 2. The normalized spacial score (nSPS) is 34.8. The molecular formula is C48H60O10. The van der Waals surface area contributed by atoms with E-state index in [1.807, 2.05) is 0 Å². The molecule has 5 aliphatic carbocycles. The maximum atomic E-state index is 13.6. The second-order valence-electron chi connectivity index (χ2n) is 20.0. The number of benzene rings is 2. The molecule has 0 aliphatic heterocycles. The molecule has 0 bridgehead atoms. The molecule has 4 saturated carbocycles. The Labute approximate surface area is 341 Å².